The smallest absolute Gasteiger partial charge is 0.233 e. The summed E-state index contributed by atoms with van der Waals surface area (Å²) in [5, 5.41) is 3.27. The number of hydrogen-bond donors (Lipinski definition) is 1. The van der Waals surface area contributed by atoms with Gasteiger partial charge in [0.25, 0.3) is 0 Å². The first-order chi connectivity index (χ1) is 8.17. The lowest BCUT2D eigenvalue weighted by Crippen LogP contribution is -2.42. The summed E-state index contributed by atoms with van der Waals surface area (Å²) in [5.74, 6) is 1.96. The monoisotopic (exact) mass is 277 g/mol. The lowest BCUT2D eigenvalue weighted by molar-refractivity contribution is -0.121. The predicted molar refractivity (Wildman–Crippen MR) is 76.8 cm³/mol. The van der Waals surface area contributed by atoms with Crippen molar-refractivity contribution in [2.24, 2.45) is 5.41 Å². The van der Waals surface area contributed by atoms with Crippen LogP contribution in [0.2, 0.25) is 0 Å². The molecule has 0 aliphatic carbocycles. The summed E-state index contributed by atoms with van der Waals surface area (Å²) in [6.07, 6.45) is 5.51. The van der Waals surface area contributed by atoms with Crippen LogP contribution in [-0.2, 0) is 4.79 Å². The van der Waals surface area contributed by atoms with Crippen LogP contribution in [-0.4, -0.2) is 29.3 Å². The molecule has 0 aromatic heterocycles. The van der Waals surface area contributed by atoms with Crippen LogP contribution in [0.4, 0.5) is 0 Å². The molecule has 1 N–H and O–H groups in total. The molecule has 0 saturated carbocycles. The zero-order chi connectivity index (χ0) is 12.7. The second kappa shape index (κ2) is 7.52. The van der Waals surface area contributed by atoms with Gasteiger partial charge in [0.1, 0.15) is 0 Å². The summed E-state index contributed by atoms with van der Waals surface area (Å²) in [6.45, 7) is 5.01. The molecule has 4 heteroatoms. The Morgan fingerprint density at radius 3 is 2.59 bits per heavy atom. The van der Waals surface area contributed by atoms with E-state index in [-0.39, 0.29) is 16.6 Å². The van der Waals surface area contributed by atoms with Gasteiger partial charge in [0.15, 0.2) is 0 Å². The average Bonchev–Trinajstić information content (AvgIpc) is 2.41. The minimum Gasteiger partial charge on any atom is -0.355 e. The third-order valence-corrected chi connectivity index (χ3v) is 5.84. The Balaban J connectivity index is 2.40. The Bertz CT molecular complexity index is 229. The minimum atomic E-state index is 0.0799. The van der Waals surface area contributed by atoms with Crippen LogP contribution in [0.3, 0.4) is 0 Å². The van der Waals surface area contributed by atoms with E-state index >= 15 is 0 Å². The van der Waals surface area contributed by atoms with Gasteiger partial charge in [-0.05, 0) is 31.4 Å². The molecule has 100 valence electrons. The number of nitrogens with one attached hydrogen (secondary N) is 1. The highest BCUT2D eigenvalue weighted by Gasteiger charge is 2.28. The molecule has 1 unspecified atom stereocenters. The molecule has 0 aromatic carbocycles. The molecule has 0 bridgehead atoms. The summed E-state index contributed by atoms with van der Waals surface area (Å²) < 4.78 is 0. The summed E-state index contributed by atoms with van der Waals surface area (Å²) >= 11 is 7.84. The fourth-order valence-corrected chi connectivity index (χ4v) is 3.77. The fourth-order valence-electron chi connectivity index (χ4n) is 2.07. The number of halogens is 1. The van der Waals surface area contributed by atoms with Crippen molar-refractivity contribution in [1.29, 1.82) is 0 Å². The highest BCUT2D eigenvalue weighted by Crippen LogP contribution is 2.28. The summed E-state index contributed by atoms with van der Waals surface area (Å²) in [6, 6.07) is 0. The molecule has 1 aliphatic rings. The molecule has 0 radical (unpaired) electrons. The largest absolute Gasteiger partial charge is 0.355 e. The molecule has 0 aromatic rings. The Labute approximate surface area is 114 Å². The molecule has 0 spiro atoms. The highest BCUT2D eigenvalue weighted by molar-refractivity contribution is 8.00. The van der Waals surface area contributed by atoms with Crippen molar-refractivity contribution < 1.29 is 4.79 Å². The van der Waals surface area contributed by atoms with Crippen molar-refractivity contribution in [2.75, 3.05) is 18.2 Å². The van der Waals surface area contributed by atoms with Crippen molar-refractivity contribution in [2.45, 2.75) is 51.2 Å². The standard InChI is InChI=1S/C13H24ClNOS/c1-3-13(4-2,9-14)10-15-12(16)11-7-5-6-8-17-11/h11H,3-10H2,1-2H3,(H,15,16). The van der Waals surface area contributed by atoms with Crippen molar-refractivity contribution in [3.05, 3.63) is 0 Å². The molecule has 1 atom stereocenters. The van der Waals surface area contributed by atoms with Crippen LogP contribution < -0.4 is 5.32 Å². The Morgan fingerprint density at radius 2 is 2.12 bits per heavy atom. The van der Waals surface area contributed by atoms with E-state index in [2.05, 4.69) is 19.2 Å². The zero-order valence-electron chi connectivity index (χ0n) is 10.9. The molecule has 1 fully saturated rings. The first kappa shape index (κ1) is 15.2. The summed E-state index contributed by atoms with van der Waals surface area (Å²) in [4.78, 5) is 12.0. The van der Waals surface area contributed by atoms with E-state index in [0.717, 1.165) is 31.6 Å². The molecular weight excluding hydrogens is 254 g/mol. The highest BCUT2D eigenvalue weighted by atomic mass is 35.5. The average molecular weight is 278 g/mol. The van der Waals surface area contributed by atoms with Crippen LogP contribution in [0.25, 0.3) is 0 Å². The van der Waals surface area contributed by atoms with Gasteiger partial charge < -0.3 is 5.32 Å². The summed E-state index contributed by atoms with van der Waals surface area (Å²) in [5.41, 5.74) is 0.0799. The third kappa shape index (κ3) is 4.36. The molecule has 17 heavy (non-hydrogen) atoms. The van der Waals surface area contributed by atoms with Crippen LogP contribution in [0.15, 0.2) is 0 Å². The van der Waals surface area contributed by atoms with E-state index < -0.39 is 0 Å². The molecule has 1 aliphatic heterocycles. The molecule has 1 rings (SSSR count). The molecule has 1 heterocycles. The van der Waals surface area contributed by atoms with Gasteiger partial charge in [-0.15, -0.1) is 23.4 Å². The quantitative estimate of drug-likeness (QED) is 0.754. The number of hydrogen-bond acceptors (Lipinski definition) is 2. The first-order valence-corrected chi connectivity index (χ1v) is 8.21. The van der Waals surface area contributed by atoms with Gasteiger partial charge in [0.2, 0.25) is 5.91 Å². The third-order valence-electron chi connectivity index (χ3n) is 3.89. The number of thioether (sulfide) groups is 1. The van der Waals surface area contributed by atoms with Crippen molar-refractivity contribution >= 4 is 29.3 Å². The van der Waals surface area contributed by atoms with Gasteiger partial charge in [-0.2, -0.15) is 0 Å². The van der Waals surface area contributed by atoms with E-state index in [1.807, 2.05) is 0 Å². The normalized spacial score (nSPS) is 21.2. The Kier molecular flexibility index (Phi) is 6.71. The second-order valence-corrected chi connectivity index (χ2v) is 6.49. The fraction of sp³-hybridized carbons (Fsp3) is 0.923. The number of carbonyl (C=O) groups is 1. The molecule has 2 nitrogen and oxygen atoms in total. The minimum absolute atomic E-state index is 0.0799. The van der Waals surface area contributed by atoms with Gasteiger partial charge in [0.05, 0.1) is 5.25 Å². The second-order valence-electron chi connectivity index (χ2n) is 4.91. The molecule has 1 saturated heterocycles. The topological polar surface area (TPSA) is 29.1 Å². The number of amides is 1. The van der Waals surface area contributed by atoms with Crippen molar-refractivity contribution in [1.82, 2.24) is 5.32 Å². The lowest BCUT2D eigenvalue weighted by Gasteiger charge is -2.30. The number of carbonyl (C=O) groups excluding carboxylic acids is 1. The first-order valence-electron chi connectivity index (χ1n) is 6.62. The lowest BCUT2D eigenvalue weighted by atomic mass is 9.84. The van der Waals surface area contributed by atoms with Gasteiger partial charge in [-0.25, -0.2) is 0 Å². The van der Waals surface area contributed by atoms with E-state index in [1.165, 1.54) is 12.8 Å². The van der Waals surface area contributed by atoms with Crippen LogP contribution in [0.1, 0.15) is 46.0 Å². The van der Waals surface area contributed by atoms with E-state index in [9.17, 15) is 4.79 Å². The van der Waals surface area contributed by atoms with Crippen LogP contribution in [0.5, 0.6) is 0 Å². The maximum atomic E-state index is 12.0. The van der Waals surface area contributed by atoms with Gasteiger partial charge in [-0.1, -0.05) is 20.3 Å². The van der Waals surface area contributed by atoms with Crippen LogP contribution in [0, 0.1) is 5.41 Å². The molecular formula is C13H24ClNOS. The van der Waals surface area contributed by atoms with Gasteiger partial charge in [0, 0.05) is 17.8 Å². The van der Waals surface area contributed by atoms with E-state index in [0.29, 0.717) is 5.88 Å². The number of alkyl halides is 1. The zero-order valence-corrected chi connectivity index (χ0v) is 12.5. The predicted octanol–water partition coefficient (Wildman–Crippen LogP) is 3.43. The van der Waals surface area contributed by atoms with Crippen LogP contribution >= 0.6 is 23.4 Å². The maximum Gasteiger partial charge on any atom is 0.233 e. The van der Waals surface area contributed by atoms with Gasteiger partial charge in [-0.3, -0.25) is 4.79 Å². The van der Waals surface area contributed by atoms with Crippen molar-refractivity contribution in [3.63, 3.8) is 0 Å². The SMILES string of the molecule is CCC(CC)(CCl)CNC(=O)C1CCCCS1. The van der Waals surface area contributed by atoms with Gasteiger partial charge >= 0.3 is 0 Å². The summed E-state index contributed by atoms with van der Waals surface area (Å²) in [7, 11) is 0. The Morgan fingerprint density at radius 1 is 1.41 bits per heavy atom. The molecule has 1 amide bonds. The Hall–Kier alpha value is 0.110. The van der Waals surface area contributed by atoms with E-state index in [4.69, 9.17) is 11.6 Å². The number of rotatable bonds is 6. The maximum absolute atomic E-state index is 12.0. The van der Waals surface area contributed by atoms with Crippen molar-refractivity contribution in [3.8, 4) is 0 Å². The van der Waals surface area contributed by atoms with E-state index in [1.54, 1.807) is 11.8 Å².